The third-order valence-corrected chi connectivity index (χ3v) is 3.65. The molecule has 0 spiro atoms. The lowest BCUT2D eigenvalue weighted by Crippen LogP contribution is -2.30. The number of nitrogens with zero attached hydrogens (tertiary/aromatic N) is 4. The minimum Gasteiger partial charge on any atom is -0.311 e. The first-order chi connectivity index (χ1) is 9.13. The molecule has 0 atom stereocenters. The molecule has 0 bridgehead atoms. The lowest BCUT2D eigenvalue weighted by Gasteiger charge is -2.21. The second-order valence-electron chi connectivity index (χ2n) is 5.04. The van der Waals surface area contributed by atoms with Crippen molar-refractivity contribution in [2.45, 2.75) is 32.9 Å². The van der Waals surface area contributed by atoms with Gasteiger partial charge >= 0.3 is 0 Å². The van der Waals surface area contributed by atoms with E-state index in [4.69, 9.17) is 11.6 Å². The van der Waals surface area contributed by atoms with Gasteiger partial charge in [-0.05, 0) is 33.0 Å². The maximum Gasteiger partial charge on any atom is 0.160 e. The molecule has 0 saturated heterocycles. The van der Waals surface area contributed by atoms with Crippen molar-refractivity contribution in [2.75, 3.05) is 19.5 Å². The zero-order valence-corrected chi connectivity index (χ0v) is 12.6. The molecular weight excluding hydrogens is 260 g/mol. The predicted octanol–water partition coefficient (Wildman–Crippen LogP) is 2.55. The molecular formula is C14H21ClN4. The van der Waals surface area contributed by atoms with E-state index in [1.165, 1.54) is 0 Å². The number of aromatic nitrogens is 3. The smallest absolute Gasteiger partial charge is 0.160 e. The number of likely N-dealkylation sites (N-methyl/N-ethyl adjacent to an activating group) is 1. The number of hydrogen-bond donors (Lipinski definition) is 0. The van der Waals surface area contributed by atoms with Gasteiger partial charge in [0.1, 0.15) is 11.3 Å². The summed E-state index contributed by atoms with van der Waals surface area (Å²) in [6.45, 7) is 6.28. The molecule has 0 aliphatic heterocycles. The Morgan fingerprint density at radius 3 is 2.89 bits per heavy atom. The van der Waals surface area contributed by atoms with Crippen LogP contribution in [-0.4, -0.2) is 44.9 Å². The topological polar surface area (TPSA) is 34.0 Å². The molecule has 0 aliphatic rings. The van der Waals surface area contributed by atoms with Gasteiger partial charge in [0.05, 0.1) is 0 Å². The van der Waals surface area contributed by atoms with Gasteiger partial charge in [0, 0.05) is 37.6 Å². The minimum atomic E-state index is 0.541. The summed E-state index contributed by atoms with van der Waals surface area (Å²) >= 11 is 5.86. The molecule has 0 saturated carbocycles. The van der Waals surface area contributed by atoms with Crippen LogP contribution in [0.15, 0.2) is 18.3 Å². The number of alkyl halides is 1. The first-order valence-corrected chi connectivity index (χ1v) is 7.23. The van der Waals surface area contributed by atoms with Crippen molar-refractivity contribution in [1.29, 1.82) is 0 Å². The van der Waals surface area contributed by atoms with Crippen LogP contribution in [0.3, 0.4) is 0 Å². The molecule has 2 aromatic heterocycles. The molecule has 2 rings (SSSR count). The summed E-state index contributed by atoms with van der Waals surface area (Å²) in [5.41, 5.74) is 1.91. The van der Waals surface area contributed by atoms with Crippen LogP contribution < -0.4 is 0 Å². The monoisotopic (exact) mass is 280 g/mol. The highest BCUT2D eigenvalue weighted by molar-refractivity contribution is 6.17. The predicted molar refractivity (Wildman–Crippen MR) is 79.7 cm³/mol. The third kappa shape index (κ3) is 3.25. The summed E-state index contributed by atoms with van der Waals surface area (Å²) in [6.07, 6.45) is 2.60. The van der Waals surface area contributed by atoms with Gasteiger partial charge in [-0.2, -0.15) is 0 Å². The SMILES string of the molecule is CC(C)N(C)CCn1c(CCCl)nc2cccnc21. The molecule has 0 amide bonds. The molecule has 0 aliphatic carbocycles. The second-order valence-corrected chi connectivity index (χ2v) is 5.42. The molecule has 2 heterocycles. The number of aryl methyl sites for hydroxylation is 1. The third-order valence-electron chi connectivity index (χ3n) is 3.46. The van der Waals surface area contributed by atoms with E-state index in [2.05, 4.69) is 40.3 Å². The van der Waals surface area contributed by atoms with Gasteiger partial charge in [-0.3, -0.25) is 0 Å². The Kier molecular flexibility index (Phi) is 4.77. The van der Waals surface area contributed by atoms with Gasteiger partial charge in [0.2, 0.25) is 0 Å². The van der Waals surface area contributed by atoms with E-state index >= 15 is 0 Å². The Labute approximate surface area is 119 Å². The number of hydrogen-bond acceptors (Lipinski definition) is 3. The number of pyridine rings is 1. The van der Waals surface area contributed by atoms with Crippen molar-refractivity contribution in [3.8, 4) is 0 Å². The summed E-state index contributed by atoms with van der Waals surface area (Å²) in [6, 6.07) is 4.46. The van der Waals surface area contributed by atoms with Crippen LogP contribution in [-0.2, 0) is 13.0 Å². The van der Waals surface area contributed by atoms with Gasteiger partial charge in [-0.25, -0.2) is 9.97 Å². The first-order valence-electron chi connectivity index (χ1n) is 6.69. The fraction of sp³-hybridized carbons (Fsp3) is 0.571. The summed E-state index contributed by atoms with van der Waals surface area (Å²) < 4.78 is 2.19. The quantitative estimate of drug-likeness (QED) is 0.763. The zero-order chi connectivity index (χ0) is 13.8. The zero-order valence-electron chi connectivity index (χ0n) is 11.8. The van der Waals surface area contributed by atoms with Crippen molar-refractivity contribution in [1.82, 2.24) is 19.4 Å². The van der Waals surface area contributed by atoms with Crippen molar-refractivity contribution in [3.63, 3.8) is 0 Å². The Bertz CT molecular complexity index is 535. The molecule has 19 heavy (non-hydrogen) atoms. The lowest BCUT2D eigenvalue weighted by molar-refractivity contribution is 0.263. The molecule has 5 heteroatoms. The Morgan fingerprint density at radius 1 is 1.42 bits per heavy atom. The van der Waals surface area contributed by atoms with Gasteiger partial charge < -0.3 is 9.47 Å². The van der Waals surface area contributed by atoms with Crippen LogP contribution in [0.25, 0.3) is 11.2 Å². The Hall–Kier alpha value is -1.13. The Balaban J connectivity index is 2.26. The van der Waals surface area contributed by atoms with E-state index in [1.807, 2.05) is 18.3 Å². The average molecular weight is 281 g/mol. The summed E-state index contributed by atoms with van der Waals surface area (Å²) in [4.78, 5) is 11.4. The normalized spacial score (nSPS) is 11.9. The van der Waals surface area contributed by atoms with Crippen LogP contribution in [0.2, 0.25) is 0 Å². The van der Waals surface area contributed by atoms with Gasteiger partial charge in [0.15, 0.2) is 5.65 Å². The second kappa shape index (κ2) is 6.35. The lowest BCUT2D eigenvalue weighted by atomic mass is 10.3. The van der Waals surface area contributed by atoms with Crippen LogP contribution in [0.5, 0.6) is 0 Å². The van der Waals surface area contributed by atoms with Gasteiger partial charge in [-0.15, -0.1) is 11.6 Å². The van der Waals surface area contributed by atoms with Crippen LogP contribution in [0.4, 0.5) is 0 Å². The van der Waals surface area contributed by atoms with Crippen LogP contribution >= 0.6 is 11.6 Å². The standard InChI is InChI=1S/C14H21ClN4/c1-11(2)18(3)9-10-19-13(6-7-15)17-12-5-4-8-16-14(12)19/h4-5,8,11H,6-7,9-10H2,1-3H3. The van der Waals surface area contributed by atoms with E-state index < -0.39 is 0 Å². The van der Waals surface area contributed by atoms with E-state index in [-0.39, 0.29) is 0 Å². The van der Waals surface area contributed by atoms with Crippen LogP contribution in [0.1, 0.15) is 19.7 Å². The summed E-state index contributed by atoms with van der Waals surface area (Å²) in [5, 5.41) is 0. The molecule has 2 aromatic rings. The number of halogens is 1. The first kappa shape index (κ1) is 14.3. The molecule has 0 fully saturated rings. The fourth-order valence-corrected chi connectivity index (χ4v) is 2.20. The summed E-state index contributed by atoms with van der Waals surface area (Å²) in [5.74, 6) is 1.62. The molecule has 0 N–H and O–H groups in total. The van der Waals surface area contributed by atoms with Crippen molar-refractivity contribution < 1.29 is 0 Å². The molecule has 4 nitrogen and oxygen atoms in total. The van der Waals surface area contributed by atoms with Crippen molar-refractivity contribution in [2.24, 2.45) is 0 Å². The van der Waals surface area contributed by atoms with Crippen molar-refractivity contribution in [3.05, 3.63) is 24.2 Å². The molecule has 104 valence electrons. The summed E-state index contributed by atoms with van der Waals surface area (Å²) in [7, 11) is 2.14. The number of rotatable bonds is 6. The Morgan fingerprint density at radius 2 is 2.21 bits per heavy atom. The van der Waals surface area contributed by atoms with Crippen molar-refractivity contribution >= 4 is 22.8 Å². The van der Waals surface area contributed by atoms with Gasteiger partial charge in [-0.1, -0.05) is 0 Å². The van der Waals surface area contributed by atoms with E-state index in [0.29, 0.717) is 11.9 Å². The molecule has 0 radical (unpaired) electrons. The fourth-order valence-electron chi connectivity index (χ4n) is 2.03. The maximum atomic E-state index is 5.86. The highest BCUT2D eigenvalue weighted by atomic mass is 35.5. The molecule has 0 aromatic carbocycles. The highest BCUT2D eigenvalue weighted by Crippen LogP contribution is 2.14. The maximum absolute atomic E-state index is 5.86. The minimum absolute atomic E-state index is 0.541. The highest BCUT2D eigenvalue weighted by Gasteiger charge is 2.12. The van der Waals surface area contributed by atoms with E-state index in [1.54, 1.807) is 0 Å². The van der Waals surface area contributed by atoms with Crippen LogP contribution in [0, 0.1) is 0 Å². The van der Waals surface area contributed by atoms with E-state index in [0.717, 1.165) is 36.5 Å². The van der Waals surface area contributed by atoms with Gasteiger partial charge in [0.25, 0.3) is 0 Å². The van der Waals surface area contributed by atoms with E-state index in [9.17, 15) is 0 Å². The largest absolute Gasteiger partial charge is 0.311 e. The number of imidazole rings is 1. The number of fused-ring (bicyclic) bond motifs is 1. The molecule has 0 unspecified atom stereocenters. The average Bonchev–Trinajstić information content (AvgIpc) is 2.74.